The molecule has 2 aromatic rings. The van der Waals surface area contributed by atoms with Gasteiger partial charge in [-0.2, -0.15) is 0 Å². The maximum absolute atomic E-state index is 12.9. The number of cyclic esters (lactones) is 1. The lowest BCUT2D eigenvalue weighted by Crippen LogP contribution is -2.51. The molecular weight excluding hydrogens is 356 g/mol. The van der Waals surface area contributed by atoms with E-state index in [1.54, 1.807) is 9.80 Å². The summed E-state index contributed by atoms with van der Waals surface area (Å²) in [5.41, 5.74) is 2.73. The quantitative estimate of drug-likeness (QED) is 0.885. The molecule has 1 N–H and O–H groups in total. The van der Waals surface area contributed by atoms with E-state index in [2.05, 4.69) is 0 Å². The molecule has 28 heavy (non-hydrogen) atoms. The number of amides is 2. The highest BCUT2D eigenvalue weighted by Crippen LogP contribution is 2.32. The van der Waals surface area contributed by atoms with E-state index < -0.39 is 5.92 Å². The molecule has 2 amide bonds. The molecule has 1 unspecified atom stereocenters. The molecule has 0 bridgehead atoms. The molecular formula is C22H24N2O4. The number of hydrogen-bond donors (Lipinski definition) is 1. The number of para-hydroxylation sites is 1. The predicted octanol–water partition coefficient (Wildman–Crippen LogP) is 2.91. The molecule has 0 spiro atoms. The van der Waals surface area contributed by atoms with Gasteiger partial charge in [0.2, 0.25) is 5.91 Å². The van der Waals surface area contributed by atoms with E-state index in [4.69, 9.17) is 4.74 Å². The molecule has 1 atom stereocenters. The number of aliphatic hydroxyl groups excluding tert-OH is 1. The van der Waals surface area contributed by atoms with Gasteiger partial charge >= 0.3 is 6.09 Å². The summed E-state index contributed by atoms with van der Waals surface area (Å²) >= 11 is 0. The Hall–Kier alpha value is -2.86. The molecule has 1 fully saturated rings. The number of carbonyl (C=O) groups is 2. The fourth-order valence-electron chi connectivity index (χ4n) is 4.10. The van der Waals surface area contributed by atoms with Crippen LogP contribution in [0.4, 0.5) is 10.5 Å². The summed E-state index contributed by atoms with van der Waals surface area (Å²) in [7, 11) is 0. The van der Waals surface area contributed by atoms with Crippen LogP contribution in [0.1, 0.15) is 29.9 Å². The molecule has 6 nitrogen and oxygen atoms in total. The Bertz CT molecular complexity index is 847. The number of ether oxygens (including phenoxy) is 1. The topological polar surface area (TPSA) is 70.1 Å². The van der Waals surface area contributed by atoms with Crippen LogP contribution in [0, 0.1) is 0 Å². The highest BCUT2D eigenvalue weighted by atomic mass is 16.6. The first-order chi connectivity index (χ1) is 13.7. The van der Waals surface area contributed by atoms with Gasteiger partial charge in [-0.1, -0.05) is 48.5 Å². The third-order valence-corrected chi connectivity index (χ3v) is 5.62. The highest BCUT2D eigenvalue weighted by molar-refractivity contribution is 5.91. The van der Waals surface area contributed by atoms with Crippen molar-refractivity contribution in [1.29, 1.82) is 0 Å². The number of benzene rings is 2. The normalized spacial score (nSPS) is 18.4. The molecule has 2 heterocycles. The third-order valence-electron chi connectivity index (χ3n) is 5.62. The fourth-order valence-corrected chi connectivity index (χ4v) is 4.10. The summed E-state index contributed by atoms with van der Waals surface area (Å²) < 4.78 is 5.33. The smallest absolute Gasteiger partial charge is 0.414 e. The Morgan fingerprint density at radius 1 is 1.07 bits per heavy atom. The van der Waals surface area contributed by atoms with Crippen LogP contribution in [0.3, 0.4) is 0 Å². The van der Waals surface area contributed by atoms with Gasteiger partial charge in [0.25, 0.3) is 0 Å². The number of hydrogen-bond acceptors (Lipinski definition) is 4. The molecule has 6 heteroatoms. The highest BCUT2D eigenvalue weighted by Gasteiger charge is 2.36. The maximum atomic E-state index is 12.9. The van der Waals surface area contributed by atoms with Crippen molar-refractivity contribution in [3.63, 3.8) is 0 Å². The number of nitrogens with zero attached hydrogens (tertiary/aromatic N) is 2. The molecule has 1 saturated heterocycles. The first-order valence-electron chi connectivity index (χ1n) is 9.67. The first-order valence-corrected chi connectivity index (χ1v) is 9.67. The minimum absolute atomic E-state index is 0.00213. The zero-order valence-electron chi connectivity index (χ0n) is 15.7. The lowest BCUT2D eigenvalue weighted by molar-refractivity contribution is -0.134. The van der Waals surface area contributed by atoms with Gasteiger partial charge in [-0.25, -0.2) is 4.79 Å². The lowest BCUT2D eigenvalue weighted by Gasteiger charge is -2.40. The van der Waals surface area contributed by atoms with Gasteiger partial charge in [0.05, 0.1) is 18.2 Å². The summed E-state index contributed by atoms with van der Waals surface area (Å²) in [6.45, 7) is 1.20. The molecule has 0 radical (unpaired) electrons. The van der Waals surface area contributed by atoms with Crippen molar-refractivity contribution in [3.05, 3.63) is 65.7 Å². The second-order valence-electron chi connectivity index (χ2n) is 7.26. The Morgan fingerprint density at radius 2 is 1.75 bits per heavy atom. The van der Waals surface area contributed by atoms with Crippen LogP contribution >= 0.6 is 0 Å². The Kier molecular flexibility index (Phi) is 5.30. The van der Waals surface area contributed by atoms with Crippen molar-refractivity contribution >= 4 is 17.7 Å². The maximum Gasteiger partial charge on any atom is 0.414 e. The summed E-state index contributed by atoms with van der Waals surface area (Å²) in [6, 6.07) is 17.2. The van der Waals surface area contributed by atoms with Gasteiger partial charge in [0, 0.05) is 24.7 Å². The van der Waals surface area contributed by atoms with Crippen LogP contribution in [0.25, 0.3) is 0 Å². The minimum Gasteiger partial charge on any atom is -0.444 e. The summed E-state index contributed by atoms with van der Waals surface area (Å²) in [5.74, 6) is -0.604. The number of aliphatic hydroxyl groups is 1. The van der Waals surface area contributed by atoms with E-state index in [1.807, 2.05) is 54.6 Å². The third kappa shape index (κ3) is 3.47. The molecule has 0 aromatic heterocycles. The van der Waals surface area contributed by atoms with E-state index in [9.17, 15) is 14.7 Å². The SMILES string of the molecule is O=C(C(CO)c1ccccc1)N1CCC(N2C(=O)OCc3ccccc32)CC1. The second-order valence-corrected chi connectivity index (χ2v) is 7.26. The van der Waals surface area contributed by atoms with Crippen molar-refractivity contribution in [2.45, 2.75) is 31.4 Å². The van der Waals surface area contributed by atoms with Gasteiger partial charge in [-0.15, -0.1) is 0 Å². The standard InChI is InChI=1S/C22H24N2O4/c25-14-19(16-6-2-1-3-7-16)21(26)23-12-10-18(11-13-23)24-20-9-5-4-8-17(20)15-28-22(24)27/h1-9,18-19,25H,10-15H2. The summed E-state index contributed by atoms with van der Waals surface area (Å²) in [6.07, 6.45) is 1.05. The van der Waals surface area contributed by atoms with Crippen LogP contribution in [-0.2, 0) is 16.1 Å². The van der Waals surface area contributed by atoms with Gasteiger partial charge in [-0.3, -0.25) is 9.69 Å². The summed E-state index contributed by atoms with van der Waals surface area (Å²) in [4.78, 5) is 28.9. The van der Waals surface area contributed by atoms with Gasteiger partial charge < -0.3 is 14.7 Å². The molecule has 4 rings (SSSR count). The molecule has 146 valence electrons. The van der Waals surface area contributed by atoms with Crippen LogP contribution in [0.2, 0.25) is 0 Å². The lowest BCUT2D eigenvalue weighted by atomic mass is 9.95. The van der Waals surface area contributed by atoms with E-state index in [1.165, 1.54) is 0 Å². The van der Waals surface area contributed by atoms with Crippen LogP contribution in [-0.4, -0.2) is 47.7 Å². The van der Waals surface area contributed by atoms with Gasteiger partial charge in [-0.05, 0) is 24.5 Å². The minimum atomic E-state index is -0.543. The van der Waals surface area contributed by atoms with Crippen LogP contribution < -0.4 is 4.90 Å². The number of likely N-dealkylation sites (tertiary alicyclic amines) is 1. The molecule has 0 aliphatic carbocycles. The predicted molar refractivity (Wildman–Crippen MR) is 105 cm³/mol. The van der Waals surface area contributed by atoms with Crippen LogP contribution in [0.15, 0.2) is 54.6 Å². The first kappa shape index (κ1) is 18.5. The van der Waals surface area contributed by atoms with E-state index in [0.29, 0.717) is 32.5 Å². The summed E-state index contributed by atoms with van der Waals surface area (Å²) in [5, 5.41) is 9.76. The molecule has 2 aliphatic heterocycles. The van der Waals surface area contributed by atoms with Gasteiger partial charge in [0.15, 0.2) is 0 Å². The number of carbonyl (C=O) groups excluding carboxylic acids is 2. The Morgan fingerprint density at radius 3 is 2.46 bits per heavy atom. The Balaban J connectivity index is 1.45. The van der Waals surface area contributed by atoms with E-state index in [0.717, 1.165) is 16.8 Å². The van der Waals surface area contributed by atoms with Crippen molar-refractivity contribution in [1.82, 2.24) is 4.90 Å². The van der Waals surface area contributed by atoms with Crippen molar-refractivity contribution < 1.29 is 19.4 Å². The second kappa shape index (κ2) is 8.02. The average molecular weight is 380 g/mol. The zero-order valence-corrected chi connectivity index (χ0v) is 15.7. The zero-order chi connectivity index (χ0) is 19.5. The van der Waals surface area contributed by atoms with Crippen molar-refractivity contribution in [2.75, 3.05) is 24.6 Å². The van der Waals surface area contributed by atoms with E-state index in [-0.39, 0.29) is 24.6 Å². The fraction of sp³-hybridized carbons (Fsp3) is 0.364. The largest absolute Gasteiger partial charge is 0.444 e. The van der Waals surface area contributed by atoms with Crippen molar-refractivity contribution in [3.8, 4) is 0 Å². The molecule has 2 aromatic carbocycles. The average Bonchev–Trinajstić information content (AvgIpc) is 2.75. The molecule has 0 saturated carbocycles. The van der Waals surface area contributed by atoms with E-state index >= 15 is 0 Å². The van der Waals surface area contributed by atoms with Gasteiger partial charge in [0.1, 0.15) is 6.61 Å². The monoisotopic (exact) mass is 380 g/mol. The number of piperidine rings is 1. The van der Waals surface area contributed by atoms with Crippen LogP contribution in [0.5, 0.6) is 0 Å². The number of rotatable bonds is 4. The number of anilines is 1. The molecule has 2 aliphatic rings. The Labute approximate surface area is 164 Å². The number of fused-ring (bicyclic) bond motifs is 1. The van der Waals surface area contributed by atoms with Crippen molar-refractivity contribution in [2.24, 2.45) is 0 Å².